The van der Waals surface area contributed by atoms with Crippen LogP contribution in [0.3, 0.4) is 0 Å². The van der Waals surface area contributed by atoms with Crippen LogP contribution in [0.4, 0.5) is 0 Å². The zero-order valence-corrected chi connectivity index (χ0v) is 13.0. The van der Waals surface area contributed by atoms with Gasteiger partial charge < -0.3 is 19.9 Å². The van der Waals surface area contributed by atoms with Crippen LogP contribution in [0.2, 0.25) is 5.02 Å². The van der Waals surface area contributed by atoms with E-state index in [0.29, 0.717) is 42.3 Å². The zero-order valence-electron chi connectivity index (χ0n) is 12.3. The Balaban J connectivity index is 1.64. The second-order valence-corrected chi connectivity index (χ2v) is 6.47. The molecule has 2 N–H and O–H groups in total. The Hall–Kier alpha value is -0.970. The van der Waals surface area contributed by atoms with Gasteiger partial charge in [0.15, 0.2) is 11.5 Å². The molecule has 0 radical (unpaired) electrons. The fraction of sp³-hybridized carbons (Fsp3) is 0.625. The highest BCUT2D eigenvalue weighted by molar-refractivity contribution is 6.32. The van der Waals surface area contributed by atoms with Crippen LogP contribution in [0.5, 0.6) is 11.5 Å². The monoisotopic (exact) mass is 311 g/mol. The van der Waals surface area contributed by atoms with Crippen molar-refractivity contribution in [3.63, 3.8) is 0 Å². The lowest BCUT2D eigenvalue weighted by molar-refractivity contribution is 0.161. The van der Waals surface area contributed by atoms with E-state index in [1.807, 2.05) is 6.07 Å². The third kappa shape index (κ3) is 3.44. The molecule has 21 heavy (non-hydrogen) atoms. The van der Waals surface area contributed by atoms with Crippen molar-refractivity contribution in [1.29, 1.82) is 0 Å². The van der Waals surface area contributed by atoms with Crippen LogP contribution in [0.15, 0.2) is 12.1 Å². The van der Waals surface area contributed by atoms with Crippen molar-refractivity contribution in [3.05, 3.63) is 22.7 Å². The molecule has 0 spiro atoms. The molecule has 1 aliphatic heterocycles. The second-order valence-electron chi connectivity index (χ2n) is 6.07. The van der Waals surface area contributed by atoms with E-state index in [-0.39, 0.29) is 0 Å². The van der Waals surface area contributed by atoms with Gasteiger partial charge in [-0.05, 0) is 42.9 Å². The molecule has 0 aromatic heterocycles. The molecule has 1 heterocycles. The third-order valence-electron chi connectivity index (χ3n) is 4.30. The molecule has 2 aliphatic rings. The lowest BCUT2D eigenvalue weighted by Gasteiger charge is -2.22. The van der Waals surface area contributed by atoms with Gasteiger partial charge in [-0.3, -0.25) is 0 Å². The first-order valence-electron chi connectivity index (χ1n) is 7.64. The molecule has 4 nitrogen and oxygen atoms in total. The molecule has 1 aromatic carbocycles. The molecule has 3 atom stereocenters. The minimum Gasteiger partial charge on any atom is -0.486 e. The number of ether oxygens (including phenoxy) is 2. The highest BCUT2D eigenvalue weighted by Crippen LogP contribution is 2.39. The maximum Gasteiger partial charge on any atom is 0.179 e. The van der Waals surface area contributed by atoms with Crippen molar-refractivity contribution in [2.75, 3.05) is 19.8 Å². The molecule has 5 heteroatoms. The quantitative estimate of drug-likeness (QED) is 0.897. The molecule has 1 aliphatic carbocycles. The molecule has 1 saturated carbocycles. The summed E-state index contributed by atoms with van der Waals surface area (Å²) in [6, 6.07) is 4.10. The van der Waals surface area contributed by atoms with Gasteiger partial charge in [0.1, 0.15) is 13.2 Å². The zero-order chi connectivity index (χ0) is 14.8. The van der Waals surface area contributed by atoms with E-state index in [2.05, 4.69) is 12.2 Å². The predicted octanol–water partition coefficient (Wildman–Crippen LogP) is 2.92. The normalized spacial score (nSPS) is 25.9. The van der Waals surface area contributed by atoms with Crippen molar-refractivity contribution in [2.24, 2.45) is 5.92 Å². The maximum absolute atomic E-state index is 10.4. The van der Waals surface area contributed by atoms with Crippen LogP contribution in [0.25, 0.3) is 0 Å². The number of rotatable bonds is 4. The van der Waals surface area contributed by atoms with Crippen molar-refractivity contribution in [1.82, 2.24) is 5.32 Å². The van der Waals surface area contributed by atoms with Gasteiger partial charge in [-0.1, -0.05) is 18.5 Å². The first-order valence-corrected chi connectivity index (χ1v) is 8.01. The van der Waals surface area contributed by atoms with Gasteiger partial charge in [0.2, 0.25) is 0 Å². The Morgan fingerprint density at radius 3 is 2.90 bits per heavy atom. The van der Waals surface area contributed by atoms with Crippen molar-refractivity contribution >= 4 is 11.6 Å². The summed E-state index contributed by atoms with van der Waals surface area (Å²) >= 11 is 6.20. The fourth-order valence-electron chi connectivity index (χ4n) is 3.11. The summed E-state index contributed by atoms with van der Waals surface area (Å²) in [7, 11) is 0. The second kappa shape index (κ2) is 6.42. The Labute approximate surface area is 130 Å². The molecule has 1 aromatic rings. The van der Waals surface area contributed by atoms with Gasteiger partial charge in [0.25, 0.3) is 0 Å². The first kappa shape index (κ1) is 14.9. The number of hydrogen-bond donors (Lipinski definition) is 2. The Morgan fingerprint density at radius 2 is 2.14 bits per heavy atom. The largest absolute Gasteiger partial charge is 0.486 e. The molecule has 3 rings (SSSR count). The maximum atomic E-state index is 10.4. The van der Waals surface area contributed by atoms with Gasteiger partial charge in [-0.25, -0.2) is 0 Å². The Bertz CT molecular complexity index is 509. The smallest absolute Gasteiger partial charge is 0.179 e. The van der Waals surface area contributed by atoms with Gasteiger partial charge in [-0.2, -0.15) is 0 Å². The average Bonchev–Trinajstić information content (AvgIpc) is 2.90. The van der Waals surface area contributed by atoms with Crippen LogP contribution >= 0.6 is 11.6 Å². The number of benzene rings is 1. The molecule has 0 bridgehead atoms. The minimum atomic E-state index is -0.589. The number of fused-ring (bicyclic) bond motifs is 1. The van der Waals surface area contributed by atoms with E-state index >= 15 is 0 Å². The molecular weight excluding hydrogens is 290 g/mol. The summed E-state index contributed by atoms with van der Waals surface area (Å²) in [5, 5.41) is 14.3. The number of halogens is 1. The summed E-state index contributed by atoms with van der Waals surface area (Å²) in [5.41, 5.74) is 0.766. The van der Waals surface area contributed by atoms with Gasteiger partial charge in [-0.15, -0.1) is 0 Å². The average molecular weight is 312 g/mol. The number of hydrogen-bond acceptors (Lipinski definition) is 4. The Kier molecular flexibility index (Phi) is 4.57. The summed E-state index contributed by atoms with van der Waals surface area (Å²) < 4.78 is 11.0. The van der Waals surface area contributed by atoms with E-state index in [1.165, 1.54) is 19.3 Å². The van der Waals surface area contributed by atoms with E-state index in [4.69, 9.17) is 21.1 Å². The topological polar surface area (TPSA) is 50.7 Å². The van der Waals surface area contributed by atoms with E-state index in [9.17, 15) is 5.11 Å². The predicted molar refractivity (Wildman–Crippen MR) is 82.2 cm³/mol. The standard InChI is InChI=1S/C16H22ClNO3/c1-10-2-3-12(6-10)18-9-14(19)11-7-13(17)16-15(8-11)20-4-5-21-16/h7-8,10,12,14,18-19H,2-6,9H2,1H3. The lowest BCUT2D eigenvalue weighted by Crippen LogP contribution is -2.30. The molecule has 0 saturated heterocycles. The highest BCUT2D eigenvalue weighted by Gasteiger charge is 2.23. The third-order valence-corrected chi connectivity index (χ3v) is 4.58. The van der Waals surface area contributed by atoms with Crippen molar-refractivity contribution in [2.45, 2.75) is 38.3 Å². The summed E-state index contributed by atoms with van der Waals surface area (Å²) in [5.74, 6) is 1.98. The van der Waals surface area contributed by atoms with E-state index < -0.39 is 6.10 Å². The summed E-state index contributed by atoms with van der Waals surface area (Å²) in [6.07, 6.45) is 3.06. The highest BCUT2D eigenvalue weighted by atomic mass is 35.5. The SMILES string of the molecule is CC1CCC(NCC(O)c2cc(Cl)c3c(c2)OCCO3)C1. The van der Waals surface area contributed by atoms with Crippen LogP contribution in [-0.4, -0.2) is 30.9 Å². The number of nitrogens with one attached hydrogen (secondary N) is 1. The molecule has 1 fully saturated rings. The number of aliphatic hydroxyl groups excluding tert-OH is 1. The summed E-state index contributed by atoms with van der Waals surface area (Å²) in [4.78, 5) is 0. The molecule has 116 valence electrons. The van der Waals surface area contributed by atoms with Crippen molar-refractivity contribution in [3.8, 4) is 11.5 Å². The van der Waals surface area contributed by atoms with Crippen molar-refractivity contribution < 1.29 is 14.6 Å². The molecule has 3 unspecified atom stereocenters. The van der Waals surface area contributed by atoms with Gasteiger partial charge in [0, 0.05) is 12.6 Å². The van der Waals surface area contributed by atoms with Crippen LogP contribution in [0, 0.1) is 5.92 Å². The van der Waals surface area contributed by atoms with Crippen LogP contribution in [0.1, 0.15) is 37.9 Å². The van der Waals surface area contributed by atoms with Crippen LogP contribution in [-0.2, 0) is 0 Å². The molecule has 0 amide bonds. The minimum absolute atomic E-state index is 0.496. The lowest BCUT2D eigenvalue weighted by atomic mass is 10.1. The fourth-order valence-corrected chi connectivity index (χ4v) is 3.39. The number of aliphatic hydroxyl groups is 1. The van der Waals surface area contributed by atoms with E-state index in [0.717, 1.165) is 11.5 Å². The molecular formula is C16H22ClNO3. The van der Waals surface area contributed by atoms with E-state index in [1.54, 1.807) is 6.07 Å². The Morgan fingerprint density at radius 1 is 1.33 bits per heavy atom. The first-order chi connectivity index (χ1) is 10.1. The van der Waals surface area contributed by atoms with Gasteiger partial charge >= 0.3 is 0 Å². The van der Waals surface area contributed by atoms with Gasteiger partial charge in [0.05, 0.1) is 11.1 Å². The summed E-state index contributed by atoms with van der Waals surface area (Å²) in [6.45, 7) is 3.84. The van der Waals surface area contributed by atoms with Crippen LogP contribution < -0.4 is 14.8 Å².